The average molecular weight is 542 g/mol. The van der Waals surface area contributed by atoms with Crippen LogP contribution < -0.4 is 23.8 Å². The number of anilines is 1. The van der Waals surface area contributed by atoms with Crippen molar-refractivity contribution in [3.05, 3.63) is 76.3 Å². The zero-order valence-electron chi connectivity index (χ0n) is 21.4. The number of fused-ring (bicyclic) bond motifs is 1. The number of carbonyl (C=O) groups excluding carboxylic acids is 1. The molecular weight excluding hydrogens is 514 g/mol. The van der Waals surface area contributed by atoms with Gasteiger partial charge in [0.05, 0.1) is 47.1 Å². The summed E-state index contributed by atoms with van der Waals surface area (Å²) in [7, 11) is 6.09. The highest BCUT2D eigenvalue weighted by atomic mass is 35.5. The number of carboxylic acid groups (broad SMARTS) is 1. The van der Waals surface area contributed by atoms with Gasteiger partial charge >= 0.3 is 5.97 Å². The number of carboxylic acids is 1. The molecule has 9 nitrogen and oxygen atoms in total. The van der Waals surface area contributed by atoms with Gasteiger partial charge in [-0.05, 0) is 36.4 Å². The monoisotopic (exact) mass is 541 g/mol. The summed E-state index contributed by atoms with van der Waals surface area (Å²) in [4.78, 5) is 27.2. The molecule has 1 aliphatic rings. The second-order valence-electron chi connectivity index (χ2n) is 8.49. The molecule has 3 aromatic rings. The molecule has 1 amide bonds. The molecule has 2 atom stereocenters. The number of methoxy groups -OCH3 is 4. The standard InChI is InChI=1S/C28H28ClNO8/c1-34-18-10-8-16(23(13-18)36-3)15-30-21-11-9-17(29)12-20(21)26(38-24(28(30)33)14-25(31)32)19-6-5-7-22(35-2)27(19)37-4/h5-13,24,26H,14-15H2,1-4H3,(H,31,32)/t24-,26-/m0/s1. The summed E-state index contributed by atoms with van der Waals surface area (Å²) < 4.78 is 28.2. The molecule has 0 radical (unpaired) electrons. The van der Waals surface area contributed by atoms with Gasteiger partial charge in [0.25, 0.3) is 5.91 Å². The molecule has 1 heterocycles. The van der Waals surface area contributed by atoms with Crippen LogP contribution in [0.4, 0.5) is 5.69 Å². The number of amides is 1. The Bertz CT molecular complexity index is 1340. The van der Waals surface area contributed by atoms with E-state index < -0.39 is 30.5 Å². The van der Waals surface area contributed by atoms with Crippen LogP contribution >= 0.6 is 11.6 Å². The molecule has 0 spiro atoms. The fourth-order valence-corrected chi connectivity index (χ4v) is 4.72. The van der Waals surface area contributed by atoms with Gasteiger partial charge in [0.2, 0.25) is 0 Å². The van der Waals surface area contributed by atoms with Crippen LogP contribution in [0.2, 0.25) is 5.02 Å². The molecule has 0 fully saturated rings. The van der Waals surface area contributed by atoms with Crippen LogP contribution in [0.15, 0.2) is 54.6 Å². The Balaban J connectivity index is 1.91. The summed E-state index contributed by atoms with van der Waals surface area (Å²) in [6, 6.07) is 15.6. The van der Waals surface area contributed by atoms with Crippen LogP contribution in [0.1, 0.15) is 29.2 Å². The van der Waals surface area contributed by atoms with Gasteiger partial charge in [0.15, 0.2) is 11.5 Å². The van der Waals surface area contributed by atoms with E-state index in [1.54, 1.807) is 61.7 Å². The maximum absolute atomic E-state index is 13.9. The minimum atomic E-state index is -1.30. The predicted octanol–water partition coefficient (Wildman–Crippen LogP) is 4.87. The maximum atomic E-state index is 13.9. The quantitative estimate of drug-likeness (QED) is 0.409. The molecule has 0 saturated carbocycles. The van der Waals surface area contributed by atoms with E-state index in [2.05, 4.69) is 0 Å². The number of hydrogen-bond acceptors (Lipinski definition) is 7. The van der Waals surface area contributed by atoms with Crippen molar-refractivity contribution in [1.82, 2.24) is 0 Å². The van der Waals surface area contributed by atoms with E-state index in [9.17, 15) is 14.7 Å². The van der Waals surface area contributed by atoms with Gasteiger partial charge in [0, 0.05) is 27.8 Å². The predicted molar refractivity (Wildman–Crippen MR) is 141 cm³/mol. The Morgan fingerprint density at radius 3 is 2.37 bits per heavy atom. The van der Waals surface area contributed by atoms with Crippen molar-refractivity contribution in [2.24, 2.45) is 0 Å². The van der Waals surface area contributed by atoms with Gasteiger partial charge in [0.1, 0.15) is 23.7 Å². The lowest BCUT2D eigenvalue weighted by molar-refractivity contribution is -0.147. The first-order chi connectivity index (χ1) is 18.3. The molecule has 4 rings (SSSR count). The van der Waals surface area contributed by atoms with Crippen molar-refractivity contribution in [3.8, 4) is 23.0 Å². The van der Waals surface area contributed by atoms with E-state index in [1.807, 2.05) is 0 Å². The molecule has 0 unspecified atom stereocenters. The van der Waals surface area contributed by atoms with E-state index in [1.165, 1.54) is 26.2 Å². The fourth-order valence-electron chi connectivity index (χ4n) is 4.54. The van der Waals surface area contributed by atoms with E-state index in [0.29, 0.717) is 50.4 Å². The van der Waals surface area contributed by atoms with Crippen LogP contribution in [0.3, 0.4) is 0 Å². The summed E-state index contributed by atoms with van der Waals surface area (Å²) in [6.45, 7) is 0.0854. The van der Waals surface area contributed by atoms with E-state index in [-0.39, 0.29) is 6.54 Å². The number of nitrogens with zero attached hydrogens (tertiary/aromatic N) is 1. The van der Waals surface area contributed by atoms with Crippen molar-refractivity contribution in [3.63, 3.8) is 0 Å². The molecule has 38 heavy (non-hydrogen) atoms. The SMILES string of the molecule is COc1ccc(CN2C(=O)[C@H](CC(=O)O)O[C@@H](c3cccc(OC)c3OC)c3cc(Cl)ccc32)c(OC)c1. The summed E-state index contributed by atoms with van der Waals surface area (Å²) in [6.07, 6.45) is -2.73. The van der Waals surface area contributed by atoms with Crippen molar-refractivity contribution in [2.45, 2.75) is 25.2 Å². The lowest BCUT2D eigenvalue weighted by Gasteiger charge is -2.26. The molecular formula is C28H28ClNO8. The highest BCUT2D eigenvalue weighted by Crippen LogP contribution is 2.45. The molecule has 1 aliphatic heterocycles. The number of aliphatic carboxylic acids is 1. The zero-order valence-corrected chi connectivity index (χ0v) is 22.2. The van der Waals surface area contributed by atoms with Crippen molar-refractivity contribution >= 4 is 29.2 Å². The number of para-hydroxylation sites is 1. The molecule has 0 saturated heterocycles. The van der Waals surface area contributed by atoms with Crippen LogP contribution in [-0.2, 0) is 20.9 Å². The lowest BCUT2D eigenvalue weighted by Crippen LogP contribution is -2.40. The van der Waals surface area contributed by atoms with E-state index >= 15 is 0 Å². The minimum absolute atomic E-state index is 0.0854. The summed E-state index contributed by atoms with van der Waals surface area (Å²) in [5, 5.41) is 10.1. The first-order valence-corrected chi connectivity index (χ1v) is 12.1. The molecule has 0 bridgehead atoms. The number of ether oxygens (including phenoxy) is 5. The second kappa shape index (κ2) is 11.6. The summed E-state index contributed by atoms with van der Waals surface area (Å²) >= 11 is 6.42. The van der Waals surface area contributed by atoms with Gasteiger partial charge < -0.3 is 33.7 Å². The number of halogens is 1. The first kappa shape index (κ1) is 27.1. The Morgan fingerprint density at radius 2 is 1.71 bits per heavy atom. The molecule has 0 aromatic heterocycles. The Kier molecular flexibility index (Phi) is 8.29. The number of carbonyl (C=O) groups is 2. The molecule has 10 heteroatoms. The Morgan fingerprint density at radius 1 is 0.947 bits per heavy atom. The maximum Gasteiger partial charge on any atom is 0.306 e. The van der Waals surface area contributed by atoms with Crippen molar-refractivity contribution in [1.29, 1.82) is 0 Å². The van der Waals surface area contributed by atoms with Gasteiger partial charge in [-0.2, -0.15) is 0 Å². The molecule has 200 valence electrons. The summed E-state index contributed by atoms with van der Waals surface area (Å²) in [5.41, 5.74) is 2.33. The first-order valence-electron chi connectivity index (χ1n) is 11.7. The van der Waals surface area contributed by atoms with E-state index in [4.69, 9.17) is 35.3 Å². The molecule has 3 aromatic carbocycles. The zero-order chi connectivity index (χ0) is 27.4. The number of rotatable bonds is 9. The minimum Gasteiger partial charge on any atom is -0.497 e. The Labute approximate surface area is 225 Å². The van der Waals surface area contributed by atoms with Gasteiger partial charge in [-0.25, -0.2) is 0 Å². The largest absolute Gasteiger partial charge is 0.497 e. The van der Waals surface area contributed by atoms with Crippen molar-refractivity contribution in [2.75, 3.05) is 33.3 Å². The van der Waals surface area contributed by atoms with E-state index in [0.717, 1.165) is 0 Å². The van der Waals surface area contributed by atoms with Gasteiger partial charge in [-0.15, -0.1) is 0 Å². The van der Waals surface area contributed by atoms with Crippen LogP contribution in [0, 0.1) is 0 Å². The third-order valence-corrected chi connectivity index (χ3v) is 6.54. The molecule has 0 aliphatic carbocycles. The second-order valence-corrected chi connectivity index (χ2v) is 8.93. The van der Waals surface area contributed by atoms with Crippen molar-refractivity contribution < 1.29 is 38.4 Å². The fraction of sp³-hybridized carbons (Fsp3) is 0.286. The van der Waals surface area contributed by atoms with Crippen LogP contribution in [-0.4, -0.2) is 51.5 Å². The highest BCUT2D eigenvalue weighted by Gasteiger charge is 2.39. The van der Waals surface area contributed by atoms with Crippen LogP contribution in [0.25, 0.3) is 0 Å². The Hall–Kier alpha value is -3.95. The van der Waals surface area contributed by atoms with Gasteiger partial charge in [-0.1, -0.05) is 23.7 Å². The molecule has 1 N–H and O–H groups in total. The topological polar surface area (TPSA) is 104 Å². The number of benzene rings is 3. The smallest absolute Gasteiger partial charge is 0.306 e. The third-order valence-electron chi connectivity index (χ3n) is 6.30. The summed E-state index contributed by atoms with van der Waals surface area (Å²) in [5.74, 6) is 0.278. The highest BCUT2D eigenvalue weighted by molar-refractivity contribution is 6.30. The number of hydrogen-bond donors (Lipinski definition) is 1. The lowest BCUT2D eigenvalue weighted by atomic mass is 9.97. The van der Waals surface area contributed by atoms with Gasteiger partial charge in [-0.3, -0.25) is 9.59 Å². The average Bonchev–Trinajstić information content (AvgIpc) is 3.02. The normalized spacial score (nSPS) is 16.9. The third kappa shape index (κ3) is 5.34. The van der Waals surface area contributed by atoms with Crippen LogP contribution in [0.5, 0.6) is 23.0 Å².